The van der Waals surface area contributed by atoms with E-state index < -0.39 is 0 Å². The predicted molar refractivity (Wildman–Crippen MR) is 104 cm³/mol. The van der Waals surface area contributed by atoms with Crippen LogP contribution in [0.4, 0.5) is 11.5 Å². The highest BCUT2D eigenvalue weighted by molar-refractivity contribution is 6.28. The number of pyridine rings is 1. The Bertz CT molecular complexity index is 1020. The molecule has 4 rings (SSSR count). The minimum Gasteiger partial charge on any atom is -0.494 e. The summed E-state index contributed by atoms with van der Waals surface area (Å²) in [5.74, 6) is 1.56. The minimum atomic E-state index is 0.209. The number of aryl methyl sites for hydroxylation is 1. The minimum absolute atomic E-state index is 0.209. The maximum absolute atomic E-state index is 5.88. The topological polar surface area (TPSA) is 88.6 Å². The molecule has 0 amide bonds. The van der Waals surface area contributed by atoms with Gasteiger partial charge in [-0.3, -0.25) is 5.10 Å². The summed E-state index contributed by atoms with van der Waals surface area (Å²) in [6.45, 7) is 0.648. The Morgan fingerprint density at radius 1 is 1.07 bits per heavy atom. The molecule has 3 heterocycles. The van der Waals surface area contributed by atoms with Gasteiger partial charge in [0.05, 0.1) is 30.9 Å². The molecule has 4 aromatic rings. The fourth-order valence-electron chi connectivity index (χ4n) is 2.74. The molecular weight excluding hydrogens is 364 g/mol. The molecule has 136 valence electrons. The summed E-state index contributed by atoms with van der Waals surface area (Å²) in [5, 5.41) is 12.2. The number of hydrogen-bond donors (Lipinski definition) is 2. The number of aromatic nitrogens is 5. The van der Waals surface area contributed by atoms with Crippen molar-refractivity contribution < 1.29 is 4.74 Å². The van der Waals surface area contributed by atoms with Crippen LogP contribution < -0.4 is 10.1 Å². The van der Waals surface area contributed by atoms with Crippen molar-refractivity contribution >= 4 is 33.9 Å². The van der Waals surface area contributed by atoms with E-state index in [1.807, 2.05) is 36.7 Å². The van der Waals surface area contributed by atoms with Gasteiger partial charge < -0.3 is 10.1 Å². The number of nitrogens with one attached hydrogen (secondary N) is 2. The number of nitrogens with zero attached hydrogens (tertiary/aromatic N) is 4. The SMILES string of the molecule is Clc1ncc(Nc2nccc3cc(OCCCc4cn[nH]c4)ccc23)cn1. The number of aromatic amines is 1. The van der Waals surface area contributed by atoms with Crippen LogP contribution >= 0.6 is 11.6 Å². The maximum atomic E-state index is 5.88. The molecule has 0 bridgehead atoms. The molecule has 0 saturated heterocycles. The predicted octanol–water partition coefficient (Wildman–Crippen LogP) is 4.16. The first-order valence-electron chi connectivity index (χ1n) is 8.52. The molecule has 0 unspecified atom stereocenters. The van der Waals surface area contributed by atoms with E-state index in [0.29, 0.717) is 6.61 Å². The van der Waals surface area contributed by atoms with Crippen molar-refractivity contribution in [2.75, 3.05) is 11.9 Å². The van der Waals surface area contributed by atoms with Gasteiger partial charge in [0.1, 0.15) is 11.6 Å². The molecule has 0 aliphatic heterocycles. The van der Waals surface area contributed by atoms with Gasteiger partial charge in [-0.15, -0.1) is 0 Å². The monoisotopic (exact) mass is 380 g/mol. The van der Waals surface area contributed by atoms with Crippen LogP contribution in [0.3, 0.4) is 0 Å². The zero-order valence-electron chi connectivity index (χ0n) is 14.4. The Morgan fingerprint density at radius 2 is 1.96 bits per heavy atom. The van der Waals surface area contributed by atoms with Gasteiger partial charge in [0.2, 0.25) is 5.28 Å². The first-order valence-corrected chi connectivity index (χ1v) is 8.89. The molecule has 0 aliphatic rings. The third kappa shape index (κ3) is 4.32. The maximum Gasteiger partial charge on any atom is 0.222 e. The zero-order chi connectivity index (χ0) is 18.5. The molecule has 0 radical (unpaired) electrons. The lowest BCUT2D eigenvalue weighted by atomic mass is 10.1. The van der Waals surface area contributed by atoms with Crippen molar-refractivity contribution in [3.05, 3.63) is 66.1 Å². The summed E-state index contributed by atoms with van der Waals surface area (Å²) in [6.07, 6.45) is 10.6. The van der Waals surface area contributed by atoms with Crippen LogP contribution in [0.1, 0.15) is 12.0 Å². The second-order valence-corrected chi connectivity index (χ2v) is 6.30. The molecule has 3 aromatic heterocycles. The fraction of sp³-hybridized carbons (Fsp3) is 0.158. The number of benzene rings is 1. The zero-order valence-corrected chi connectivity index (χ0v) is 15.1. The first kappa shape index (κ1) is 17.2. The fourth-order valence-corrected chi connectivity index (χ4v) is 2.84. The highest BCUT2D eigenvalue weighted by atomic mass is 35.5. The summed E-state index contributed by atoms with van der Waals surface area (Å²) < 4.78 is 5.88. The summed E-state index contributed by atoms with van der Waals surface area (Å²) in [4.78, 5) is 12.3. The van der Waals surface area contributed by atoms with Crippen molar-refractivity contribution in [1.29, 1.82) is 0 Å². The van der Waals surface area contributed by atoms with E-state index in [1.165, 1.54) is 5.56 Å². The van der Waals surface area contributed by atoms with Crippen molar-refractivity contribution in [2.45, 2.75) is 12.8 Å². The van der Waals surface area contributed by atoms with Gasteiger partial charge in [-0.05, 0) is 59.7 Å². The lowest BCUT2D eigenvalue weighted by Crippen LogP contribution is -1.99. The van der Waals surface area contributed by atoms with Crippen molar-refractivity contribution in [3.8, 4) is 5.75 Å². The van der Waals surface area contributed by atoms with E-state index in [1.54, 1.807) is 18.6 Å². The lowest BCUT2D eigenvalue weighted by Gasteiger charge is -2.10. The molecular formula is C19H17ClN6O. The highest BCUT2D eigenvalue weighted by Crippen LogP contribution is 2.27. The number of H-pyrrole nitrogens is 1. The number of anilines is 2. The van der Waals surface area contributed by atoms with Gasteiger partial charge in [-0.1, -0.05) is 0 Å². The molecule has 8 heteroatoms. The van der Waals surface area contributed by atoms with Gasteiger partial charge in [0.15, 0.2) is 0 Å². The molecule has 0 spiro atoms. The normalized spacial score (nSPS) is 10.9. The molecule has 0 atom stereocenters. The lowest BCUT2D eigenvalue weighted by molar-refractivity contribution is 0.311. The summed E-state index contributed by atoms with van der Waals surface area (Å²) in [6, 6.07) is 7.91. The van der Waals surface area contributed by atoms with Gasteiger partial charge in [-0.2, -0.15) is 5.10 Å². The van der Waals surface area contributed by atoms with Gasteiger partial charge in [0, 0.05) is 17.8 Å². The standard InChI is InChI=1S/C19H17ClN6O/c20-19-22-11-15(12-23-19)26-18-17-4-3-16(8-14(17)5-6-21-18)27-7-1-2-13-9-24-25-10-13/h3-6,8-12H,1-2,7H2,(H,21,26)(H,24,25). The van der Waals surface area contributed by atoms with Crippen LogP contribution in [-0.2, 0) is 6.42 Å². The Labute approximate surface area is 160 Å². The van der Waals surface area contributed by atoms with Crippen LogP contribution in [0.2, 0.25) is 5.28 Å². The number of halogens is 1. The average Bonchev–Trinajstić information content (AvgIpc) is 3.21. The van der Waals surface area contributed by atoms with Gasteiger partial charge >= 0.3 is 0 Å². The molecule has 27 heavy (non-hydrogen) atoms. The molecule has 1 aromatic carbocycles. The highest BCUT2D eigenvalue weighted by Gasteiger charge is 2.06. The molecule has 0 saturated carbocycles. The van der Waals surface area contributed by atoms with Gasteiger partial charge in [0.25, 0.3) is 0 Å². The molecule has 2 N–H and O–H groups in total. The summed E-state index contributed by atoms with van der Waals surface area (Å²) in [7, 11) is 0. The molecule has 0 fully saturated rings. The van der Waals surface area contributed by atoms with E-state index in [2.05, 4.69) is 30.5 Å². The van der Waals surface area contributed by atoms with Gasteiger partial charge in [-0.25, -0.2) is 15.0 Å². The number of hydrogen-bond acceptors (Lipinski definition) is 6. The Balaban J connectivity index is 1.44. The second kappa shape index (κ2) is 8.01. The summed E-state index contributed by atoms with van der Waals surface area (Å²) >= 11 is 5.72. The number of fused-ring (bicyclic) bond motifs is 1. The average molecular weight is 381 g/mol. The number of rotatable bonds is 7. The van der Waals surface area contributed by atoms with Crippen molar-refractivity contribution in [1.82, 2.24) is 25.1 Å². The van der Waals surface area contributed by atoms with Crippen LogP contribution in [0.15, 0.2) is 55.2 Å². The Kier molecular flexibility index (Phi) is 5.11. The first-order chi connectivity index (χ1) is 13.3. The Morgan fingerprint density at radius 3 is 2.78 bits per heavy atom. The van der Waals surface area contributed by atoms with Crippen LogP contribution in [0.5, 0.6) is 5.75 Å². The van der Waals surface area contributed by atoms with E-state index in [0.717, 1.165) is 40.9 Å². The van der Waals surface area contributed by atoms with E-state index >= 15 is 0 Å². The van der Waals surface area contributed by atoms with Crippen LogP contribution in [0.25, 0.3) is 10.8 Å². The smallest absolute Gasteiger partial charge is 0.222 e. The van der Waals surface area contributed by atoms with E-state index in [4.69, 9.17) is 16.3 Å². The van der Waals surface area contributed by atoms with Crippen LogP contribution in [-0.4, -0.2) is 31.8 Å². The third-order valence-corrected chi connectivity index (χ3v) is 4.25. The van der Waals surface area contributed by atoms with Crippen molar-refractivity contribution in [2.24, 2.45) is 0 Å². The van der Waals surface area contributed by atoms with E-state index in [9.17, 15) is 0 Å². The van der Waals surface area contributed by atoms with Crippen molar-refractivity contribution in [3.63, 3.8) is 0 Å². The quantitative estimate of drug-likeness (QED) is 0.369. The second-order valence-electron chi connectivity index (χ2n) is 5.97. The third-order valence-electron chi connectivity index (χ3n) is 4.05. The summed E-state index contributed by atoms with van der Waals surface area (Å²) in [5.41, 5.74) is 1.91. The largest absolute Gasteiger partial charge is 0.494 e. The number of ether oxygens (including phenoxy) is 1. The molecule has 0 aliphatic carbocycles. The molecule has 7 nitrogen and oxygen atoms in total. The Hall–Kier alpha value is -3.19. The van der Waals surface area contributed by atoms with Crippen LogP contribution in [0, 0.1) is 0 Å². The van der Waals surface area contributed by atoms with E-state index in [-0.39, 0.29) is 5.28 Å².